The minimum atomic E-state index is -0.250. The monoisotopic (exact) mass is 372 g/mol. The lowest BCUT2D eigenvalue weighted by Gasteiger charge is -2.21. The maximum Gasteiger partial charge on any atom is 0.282 e. The maximum atomic E-state index is 13.2. The molecule has 0 unspecified atom stereocenters. The summed E-state index contributed by atoms with van der Waals surface area (Å²) in [6.45, 7) is 3.49. The fourth-order valence-corrected chi connectivity index (χ4v) is 4.47. The van der Waals surface area contributed by atoms with Crippen LogP contribution in [0.25, 0.3) is 5.57 Å². The van der Waals surface area contributed by atoms with Crippen molar-refractivity contribution in [3.05, 3.63) is 56.9 Å². The van der Waals surface area contributed by atoms with E-state index in [9.17, 15) is 9.59 Å². The number of carbonyl (C=O) groups is 2. The molecule has 2 aromatic rings. The Morgan fingerprint density at radius 2 is 1.84 bits per heavy atom. The van der Waals surface area contributed by atoms with E-state index in [1.54, 1.807) is 18.2 Å². The molecule has 0 atom stereocenters. The summed E-state index contributed by atoms with van der Waals surface area (Å²) in [7, 11) is 0. The van der Waals surface area contributed by atoms with Gasteiger partial charge in [-0.3, -0.25) is 9.59 Å². The van der Waals surface area contributed by atoms with Crippen LogP contribution in [0.2, 0.25) is 5.02 Å². The number of thiophene rings is 1. The van der Waals surface area contributed by atoms with Crippen molar-refractivity contribution in [3.63, 3.8) is 0 Å². The Morgan fingerprint density at radius 3 is 2.48 bits per heavy atom. The second kappa shape index (κ2) is 6.32. The van der Waals surface area contributed by atoms with Gasteiger partial charge in [-0.1, -0.05) is 17.7 Å². The van der Waals surface area contributed by atoms with Crippen molar-refractivity contribution in [2.24, 2.45) is 0 Å². The lowest BCUT2D eigenvalue weighted by atomic mass is 10.1. The van der Waals surface area contributed by atoms with E-state index in [1.165, 1.54) is 16.2 Å². The third-order valence-corrected chi connectivity index (χ3v) is 5.77. The lowest BCUT2D eigenvalue weighted by Crippen LogP contribution is -2.35. The SMILES string of the molecule is Cc1cc(Cl)ccc1N1C(=O)C(c2cccs2)=C(N2CCCC2)C1=O. The molecule has 4 rings (SSSR count). The van der Waals surface area contributed by atoms with E-state index in [2.05, 4.69) is 4.90 Å². The molecule has 0 N–H and O–H groups in total. The number of hydrogen-bond donors (Lipinski definition) is 0. The molecule has 25 heavy (non-hydrogen) atoms. The van der Waals surface area contributed by atoms with Gasteiger partial charge in [-0.2, -0.15) is 0 Å². The Hall–Kier alpha value is -2.11. The van der Waals surface area contributed by atoms with E-state index in [1.807, 2.05) is 24.4 Å². The number of amides is 2. The Balaban J connectivity index is 1.84. The number of hydrogen-bond acceptors (Lipinski definition) is 4. The molecule has 0 radical (unpaired) electrons. The van der Waals surface area contributed by atoms with Gasteiger partial charge < -0.3 is 4.90 Å². The van der Waals surface area contributed by atoms with Crippen LogP contribution in [-0.4, -0.2) is 29.8 Å². The molecule has 2 amide bonds. The van der Waals surface area contributed by atoms with Crippen molar-refractivity contribution >= 4 is 46.0 Å². The number of likely N-dealkylation sites (tertiary alicyclic amines) is 1. The van der Waals surface area contributed by atoms with Gasteiger partial charge in [0, 0.05) is 23.0 Å². The zero-order valence-electron chi connectivity index (χ0n) is 13.8. The number of rotatable bonds is 3. The van der Waals surface area contributed by atoms with Crippen LogP contribution in [0.1, 0.15) is 23.3 Å². The first-order valence-corrected chi connectivity index (χ1v) is 9.51. The average Bonchev–Trinajstić information content (AvgIpc) is 3.30. The Morgan fingerprint density at radius 1 is 1.08 bits per heavy atom. The normalized spacial score (nSPS) is 18.0. The third kappa shape index (κ3) is 2.68. The van der Waals surface area contributed by atoms with Crippen molar-refractivity contribution in [1.29, 1.82) is 0 Å². The van der Waals surface area contributed by atoms with Gasteiger partial charge in [0.05, 0.1) is 11.3 Å². The molecular formula is C19H17ClN2O2S. The summed E-state index contributed by atoms with van der Waals surface area (Å²) in [6.07, 6.45) is 2.09. The first kappa shape index (κ1) is 16.4. The average molecular weight is 373 g/mol. The first-order valence-electron chi connectivity index (χ1n) is 8.26. The molecule has 2 aliphatic rings. The van der Waals surface area contributed by atoms with Crippen molar-refractivity contribution in [2.45, 2.75) is 19.8 Å². The van der Waals surface area contributed by atoms with Crippen LogP contribution in [0.5, 0.6) is 0 Å². The number of halogens is 1. The van der Waals surface area contributed by atoms with Crippen LogP contribution >= 0.6 is 22.9 Å². The lowest BCUT2D eigenvalue weighted by molar-refractivity contribution is -0.120. The molecule has 4 nitrogen and oxygen atoms in total. The van der Waals surface area contributed by atoms with Crippen LogP contribution in [0.15, 0.2) is 41.4 Å². The van der Waals surface area contributed by atoms with Crippen molar-refractivity contribution in [3.8, 4) is 0 Å². The fourth-order valence-electron chi connectivity index (χ4n) is 3.48. The molecule has 1 saturated heterocycles. The number of imide groups is 1. The summed E-state index contributed by atoms with van der Waals surface area (Å²) < 4.78 is 0. The summed E-state index contributed by atoms with van der Waals surface area (Å²) in [6, 6.07) is 9.04. The van der Waals surface area contributed by atoms with E-state index in [-0.39, 0.29) is 11.8 Å². The summed E-state index contributed by atoms with van der Waals surface area (Å²) in [5.74, 6) is -0.486. The molecule has 0 aliphatic carbocycles. The second-order valence-electron chi connectivity index (χ2n) is 6.27. The minimum Gasteiger partial charge on any atom is -0.366 e. The topological polar surface area (TPSA) is 40.6 Å². The summed E-state index contributed by atoms with van der Waals surface area (Å²) >= 11 is 7.52. The zero-order valence-corrected chi connectivity index (χ0v) is 15.4. The van der Waals surface area contributed by atoms with Gasteiger partial charge in [0.2, 0.25) is 0 Å². The largest absolute Gasteiger partial charge is 0.366 e. The molecule has 6 heteroatoms. The summed E-state index contributed by atoms with van der Waals surface area (Å²) in [4.78, 5) is 30.6. The molecule has 1 aromatic heterocycles. The number of benzene rings is 1. The second-order valence-corrected chi connectivity index (χ2v) is 7.66. The molecule has 0 bridgehead atoms. The molecule has 3 heterocycles. The van der Waals surface area contributed by atoms with E-state index >= 15 is 0 Å². The predicted molar refractivity (Wildman–Crippen MR) is 101 cm³/mol. The van der Waals surface area contributed by atoms with Gasteiger partial charge in [-0.15, -0.1) is 11.3 Å². The van der Waals surface area contributed by atoms with Crippen molar-refractivity contribution in [2.75, 3.05) is 18.0 Å². The third-order valence-electron chi connectivity index (χ3n) is 4.65. The van der Waals surface area contributed by atoms with Gasteiger partial charge in [0.25, 0.3) is 11.8 Å². The highest BCUT2D eigenvalue weighted by Gasteiger charge is 2.43. The Labute approximate surface area is 155 Å². The highest BCUT2D eigenvalue weighted by molar-refractivity contribution is 7.11. The highest BCUT2D eigenvalue weighted by atomic mass is 35.5. The van der Waals surface area contributed by atoms with Crippen molar-refractivity contribution < 1.29 is 9.59 Å². The van der Waals surface area contributed by atoms with Gasteiger partial charge in [-0.25, -0.2) is 4.90 Å². The van der Waals surface area contributed by atoms with Gasteiger partial charge in [0.1, 0.15) is 5.70 Å². The van der Waals surface area contributed by atoms with Crippen LogP contribution in [0, 0.1) is 6.92 Å². The number of aryl methyl sites for hydroxylation is 1. The molecule has 2 aliphatic heterocycles. The van der Waals surface area contributed by atoms with Crippen LogP contribution in [0.4, 0.5) is 5.69 Å². The first-order chi connectivity index (χ1) is 12.1. The standard InChI is InChI=1S/C19H17ClN2O2S/c1-12-11-13(20)6-7-14(12)22-18(23)16(15-5-4-10-25-15)17(19(22)24)21-8-2-3-9-21/h4-7,10-11H,2-3,8-9H2,1H3. The van der Waals surface area contributed by atoms with Gasteiger partial charge in [0.15, 0.2) is 0 Å². The summed E-state index contributed by atoms with van der Waals surface area (Å²) in [5, 5.41) is 2.52. The Bertz CT molecular complexity index is 883. The van der Waals surface area contributed by atoms with Gasteiger partial charge >= 0.3 is 0 Å². The maximum absolute atomic E-state index is 13.2. The number of nitrogens with zero attached hydrogens (tertiary/aromatic N) is 2. The van der Waals surface area contributed by atoms with E-state index in [0.717, 1.165) is 36.4 Å². The predicted octanol–water partition coefficient (Wildman–Crippen LogP) is 4.09. The molecule has 1 fully saturated rings. The highest BCUT2D eigenvalue weighted by Crippen LogP contribution is 2.38. The van der Waals surface area contributed by atoms with Crippen molar-refractivity contribution in [1.82, 2.24) is 4.90 Å². The van der Waals surface area contributed by atoms with E-state index in [4.69, 9.17) is 11.6 Å². The van der Waals surface area contributed by atoms with Crippen LogP contribution < -0.4 is 4.90 Å². The van der Waals surface area contributed by atoms with Gasteiger partial charge in [-0.05, 0) is 55.0 Å². The zero-order chi connectivity index (χ0) is 17.6. The molecule has 1 aromatic carbocycles. The quantitative estimate of drug-likeness (QED) is 0.762. The number of carbonyl (C=O) groups excluding carboxylic acids is 2. The fraction of sp³-hybridized carbons (Fsp3) is 0.263. The molecule has 0 saturated carbocycles. The molecule has 128 valence electrons. The smallest absolute Gasteiger partial charge is 0.282 e. The summed E-state index contributed by atoms with van der Waals surface area (Å²) in [5.41, 5.74) is 2.47. The number of anilines is 1. The minimum absolute atomic E-state index is 0.235. The van der Waals surface area contributed by atoms with E-state index in [0.29, 0.717) is 22.0 Å². The van der Waals surface area contributed by atoms with Crippen LogP contribution in [-0.2, 0) is 9.59 Å². The molecular weight excluding hydrogens is 356 g/mol. The Kier molecular flexibility index (Phi) is 4.13. The van der Waals surface area contributed by atoms with Crippen LogP contribution in [0.3, 0.4) is 0 Å². The van der Waals surface area contributed by atoms with E-state index < -0.39 is 0 Å². The molecule has 0 spiro atoms.